The van der Waals surface area contributed by atoms with Crippen LogP contribution in [-0.4, -0.2) is 21.5 Å². The Morgan fingerprint density at radius 2 is 1.94 bits per heavy atom. The summed E-state index contributed by atoms with van der Waals surface area (Å²) in [5.74, 6) is 0.700. The van der Waals surface area contributed by atoms with Gasteiger partial charge >= 0.3 is 0 Å². The minimum absolute atomic E-state index is 0.700. The Morgan fingerprint density at radius 3 is 2.59 bits per heavy atom. The molecule has 2 rings (SSSR count). The molecule has 0 aliphatic rings. The lowest BCUT2D eigenvalue weighted by atomic mass is 10.2. The first-order chi connectivity index (χ1) is 8.24. The van der Waals surface area contributed by atoms with Gasteiger partial charge in [-0.05, 0) is 38.0 Å². The van der Waals surface area contributed by atoms with Gasteiger partial charge in [-0.25, -0.2) is 9.97 Å². The van der Waals surface area contributed by atoms with E-state index in [1.165, 1.54) is 5.56 Å². The van der Waals surface area contributed by atoms with Crippen molar-refractivity contribution in [1.82, 2.24) is 15.0 Å². The molecule has 0 saturated heterocycles. The van der Waals surface area contributed by atoms with Crippen molar-refractivity contribution in [1.29, 1.82) is 0 Å². The summed E-state index contributed by atoms with van der Waals surface area (Å²) in [7, 11) is 0. The third-order valence-electron chi connectivity index (χ3n) is 2.40. The van der Waals surface area contributed by atoms with Crippen molar-refractivity contribution in [2.24, 2.45) is 0 Å². The Balaban J connectivity index is 1.90. The van der Waals surface area contributed by atoms with Crippen LogP contribution in [0.2, 0.25) is 0 Å². The van der Waals surface area contributed by atoms with Crippen LogP contribution < -0.4 is 5.32 Å². The highest BCUT2D eigenvalue weighted by Gasteiger charge is 1.98. The Morgan fingerprint density at radius 1 is 1.18 bits per heavy atom. The minimum Gasteiger partial charge on any atom is -0.354 e. The van der Waals surface area contributed by atoms with Crippen molar-refractivity contribution in [2.45, 2.75) is 20.3 Å². The van der Waals surface area contributed by atoms with Gasteiger partial charge in [0.2, 0.25) is 5.95 Å². The molecule has 88 valence electrons. The molecule has 17 heavy (non-hydrogen) atoms. The molecular weight excluding hydrogens is 212 g/mol. The van der Waals surface area contributed by atoms with Gasteiger partial charge in [0.25, 0.3) is 0 Å². The van der Waals surface area contributed by atoms with Crippen LogP contribution in [-0.2, 0) is 6.42 Å². The average Bonchev–Trinajstić information content (AvgIpc) is 2.29. The van der Waals surface area contributed by atoms with E-state index in [0.717, 1.165) is 24.4 Å². The van der Waals surface area contributed by atoms with E-state index in [1.54, 1.807) is 6.20 Å². The Labute approximate surface area is 101 Å². The van der Waals surface area contributed by atoms with Crippen molar-refractivity contribution >= 4 is 5.95 Å². The standard InChI is InChI=1S/C13H16N4/c1-10-8-11(2)17-13(16-10)15-7-5-12-4-3-6-14-9-12/h3-4,6,8-9H,5,7H2,1-2H3,(H,15,16,17). The van der Waals surface area contributed by atoms with Crippen molar-refractivity contribution in [2.75, 3.05) is 11.9 Å². The van der Waals surface area contributed by atoms with Crippen LogP contribution in [0, 0.1) is 13.8 Å². The molecule has 0 amide bonds. The van der Waals surface area contributed by atoms with E-state index in [0.29, 0.717) is 5.95 Å². The van der Waals surface area contributed by atoms with Crippen LogP contribution in [0.1, 0.15) is 17.0 Å². The average molecular weight is 228 g/mol. The monoisotopic (exact) mass is 228 g/mol. The molecule has 0 radical (unpaired) electrons. The summed E-state index contributed by atoms with van der Waals surface area (Å²) in [5, 5.41) is 3.22. The number of aromatic nitrogens is 3. The second-order valence-corrected chi connectivity index (χ2v) is 4.01. The summed E-state index contributed by atoms with van der Waals surface area (Å²) >= 11 is 0. The van der Waals surface area contributed by atoms with Crippen molar-refractivity contribution in [3.63, 3.8) is 0 Å². The highest BCUT2D eigenvalue weighted by Crippen LogP contribution is 2.04. The van der Waals surface area contributed by atoms with E-state index < -0.39 is 0 Å². The van der Waals surface area contributed by atoms with E-state index >= 15 is 0 Å². The predicted molar refractivity (Wildman–Crippen MR) is 67.9 cm³/mol. The molecule has 0 atom stereocenters. The second kappa shape index (κ2) is 5.39. The number of pyridine rings is 1. The fourth-order valence-electron chi connectivity index (χ4n) is 1.67. The molecule has 2 aromatic heterocycles. The first-order valence-corrected chi connectivity index (χ1v) is 5.69. The number of hydrogen-bond acceptors (Lipinski definition) is 4. The summed E-state index contributed by atoms with van der Waals surface area (Å²) in [6.07, 6.45) is 4.58. The minimum atomic E-state index is 0.700. The Hall–Kier alpha value is -1.97. The SMILES string of the molecule is Cc1cc(C)nc(NCCc2cccnc2)n1. The molecule has 4 nitrogen and oxygen atoms in total. The maximum atomic E-state index is 4.33. The summed E-state index contributed by atoms with van der Waals surface area (Å²) in [6.45, 7) is 4.76. The van der Waals surface area contributed by atoms with E-state index in [1.807, 2.05) is 32.2 Å². The molecule has 0 aliphatic heterocycles. The zero-order valence-corrected chi connectivity index (χ0v) is 10.1. The molecule has 4 heteroatoms. The Bertz CT molecular complexity index is 462. The lowest BCUT2D eigenvalue weighted by Crippen LogP contribution is -2.09. The molecule has 0 bridgehead atoms. The number of nitrogens with one attached hydrogen (secondary N) is 1. The fourth-order valence-corrected chi connectivity index (χ4v) is 1.67. The number of anilines is 1. The zero-order valence-electron chi connectivity index (χ0n) is 10.1. The first kappa shape index (κ1) is 11.5. The van der Waals surface area contributed by atoms with Crippen LogP contribution in [0.4, 0.5) is 5.95 Å². The summed E-state index contributed by atoms with van der Waals surface area (Å²) < 4.78 is 0. The largest absolute Gasteiger partial charge is 0.354 e. The molecule has 0 aromatic carbocycles. The quantitative estimate of drug-likeness (QED) is 0.871. The molecule has 0 fully saturated rings. The van der Waals surface area contributed by atoms with Gasteiger partial charge in [-0.1, -0.05) is 6.07 Å². The van der Waals surface area contributed by atoms with Gasteiger partial charge < -0.3 is 5.32 Å². The second-order valence-electron chi connectivity index (χ2n) is 4.01. The number of rotatable bonds is 4. The van der Waals surface area contributed by atoms with Crippen molar-refractivity contribution in [3.05, 3.63) is 47.5 Å². The van der Waals surface area contributed by atoms with E-state index in [-0.39, 0.29) is 0 Å². The molecule has 0 unspecified atom stereocenters. The molecule has 0 saturated carbocycles. The predicted octanol–water partition coefficient (Wildman–Crippen LogP) is 2.14. The van der Waals surface area contributed by atoms with Gasteiger partial charge in [-0.2, -0.15) is 0 Å². The molecule has 1 N–H and O–H groups in total. The molecule has 2 aromatic rings. The van der Waals surface area contributed by atoms with Crippen molar-refractivity contribution in [3.8, 4) is 0 Å². The lowest BCUT2D eigenvalue weighted by Gasteiger charge is -2.06. The van der Waals surface area contributed by atoms with Crippen molar-refractivity contribution < 1.29 is 0 Å². The fraction of sp³-hybridized carbons (Fsp3) is 0.308. The topological polar surface area (TPSA) is 50.7 Å². The zero-order chi connectivity index (χ0) is 12.1. The third-order valence-corrected chi connectivity index (χ3v) is 2.40. The number of hydrogen-bond donors (Lipinski definition) is 1. The van der Waals surface area contributed by atoms with E-state index in [4.69, 9.17) is 0 Å². The Kier molecular flexibility index (Phi) is 3.65. The van der Waals surface area contributed by atoms with Crippen LogP contribution >= 0.6 is 0 Å². The summed E-state index contributed by atoms with van der Waals surface area (Å²) in [4.78, 5) is 12.7. The molecule has 0 spiro atoms. The first-order valence-electron chi connectivity index (χ1n) is 5.69. The maximum absolute atomic E-state index is 4.33. The highest BCUT2D eigenvalue weighted by atomic mass is 15.1. The third kappa shape index (κ3) is 3.52. The van der Waals surface area contributed by atoms with Gasteiger partial charge in [0.15, 0.2) is 0 Å². The lowest BCUT2D eigenvalue weighted by molar-refractivity contribution is 0.956. The van der Waals surface area contributed by atoms with Crippen LogP contribution in [0.5, 0.6) is 0 Å². The van der Waals surface area contributed by atoms with Gasteiger partial charge in [0.1, 0.15) is 0 Å². The summed E-state index contributed by atoms with van der Waals surface area (Å²) in [6, 6.07) is 5.98. The maximum Gasteiger partial charge on any atom is 0.223 e. The van der Waals surface area contributed by atoms with Gasteiger partial charge in [0, 0.05) is 30.3 Å². The molecular formula is C13H16N4. The number of aryl methyl sites for hydroxylation is 2. The smallest absolute Gasteiger partial charge is 0.223 e. The van der Waals surface area contributed by atoms with Crippen LogP contribution in [0.25, 0.3) is 0 Å². The van der Waals surface area contributed by atoms with Crippen LogP contribution in [0.3, 0.4) is 0 Å². The van der Waals surface area contributed by atoms with Gasteiger partial charge in [-0.3, -0.25) is 4.98 Å². The number of nitrogens with zero attached hydrogens (tertiary/aromatic N) is 3. The van der Waals surface area contributed by atoms with E-state index in [9.17, 15) is 0 Å². The van der Waals surface area contributed by atoms with Gasteiger partial charge in [-0.15, -0.1) is 0 Å². The van der Waals surface area contributed by atoms with E-state index in [2.05, 4.69) is 26.3 Å². The van der Waals surface area contributed by atoms with Gasteiger partial charge in [0.05, 0.1) is 0 Å². The molecule has 0 aliphatic carbocycles. The normalized spacial score (nSPS) is 10.2. The molecule has 2 heterocycles. The van der Waals surface area contributed by atoms with Crippen LogP contribution in [0.15, 0.2) is 30.6 Å². The summed E-state index contributed by atoms with van der Waals surface area (Å²) in [5.41, 5.74) is 3.19. The highest BCUT2D eigenvalue weighted by molar-refractivity contribution is 5.28.